The van der Waals surface area contributed by atoms with Crippen LogP contribution in [0.2, 0.25) is 0 Å². The number of ether oxygens (including phenoxy) is 1. The van der Waals surface area contributed by atoms with Gasteiger partial charge in [0.1, 0.15) is 6.61 Å². The van der Waals surface area contributed by atoms with Crippen molar-refractivity contribution in [3.05, 3.63) is 18.2 Å². The average Bonchev–Trinajstić information content (AvgIpc) is 2.23. The minimum atomic E-state index is -0.0505. The number of amides is 1. The minimum absolute atomic E-state index is 0.0505. The summed E-state index contributed by atoms with van der Waals surface area (Å²) in [6.07, 6.45) is 0. The van der Waals surface area contributed by atoms with Crippen LogP contribution in [0.4, 0.5) is 17.1 Å². The first-order valence-electron chi connectivity index (χ1n) is 4.71. The van der Waals surface area contributed by atoms with Crippen LogP contribution < -0.4 is 16.4 Å². The van der Waals surface area contributed by atoms with Gasteiger partial charge in [-0.15, -0.1) is 0 Å². The van der Waals surface area contributed by atoms with E-state index in [4.69, 9.17) is 16.2 Å². The Balaban J connectivity index is 2.28. The maximum atomic E-state index is 11.5. The Hall–Kier alpha value is -1.75. The zero-order valence-corrected chi connectivity index (χ0v) is 8.27. The Morgan fingerprint density at radius 1 is 1.27 bits per heavy atom. The summed E-state index contributed by atoms with van der Waals surface area (Å²) in [5.41, 5.74) is 13.1. The number of hydrogen-bond acceptors (Lipinski definition) is 4. The number of nitrogen functional groups attached to an aromatic ring is 2. The topological polar surface area (TPSA) is 81.6 Å². The van der Waals surface area contributed by atoms with Crippen molar-refractivity contribution < 1.29 is 9.53 Å². The van der Waals surface area contributed by atoms with E-state index in [1.807, 2.05) is 0 Å². The summed E-state index contributed by atoms with van der Waals surface area (Å²) >= 11 is 0. The first-order valence-corrected chi connectivity index (χ1v) is 4.71. The number of nitrogens with zero attached hydrogens (tertiary/aromatic N) is 1. The molecule has 4 N–H and O–H groups in total. The van der Waals surface area contributed by atoms with Crippen LogP contribution in [0, 0.1) is 0 Å². The van der Waals surface area contributed by atoms with Crippen LogP contribution in [0.15, 0.2) is 18.2 Å². The lowest BCUT2D eigenvalue weighted by molar-refractivity contribution is -0.125. The molecule has 0 bridgehead atoms. The zero-order valence-electron chi connectivity index (χ0n) is 8.27. The number of anilines is 3. The molecule has 2 rings (SSSR count). The Morgan fingerprint density at radius 2 is 2.07 bits per heavy atom. The van der Waals surface area contributed by atoms with E-state index in [0.717, 1.165) is 5.69 Å². The molecular formula is C10H13N3O2. The highest BCUT2D eigenvalue weighted by Gasteiger charge is 2.20. The van der Waals surface area contributed by atoms with Crippen molar-refractivity contribution in [1.82, 2.24) is 0 Å². The average molecular weight is 207 g/mol. The van der Waals surface area contributed by atoms with E-state index in [1.54, 1.807) is 23.1 Å². The number of nitrogens with two attached hydrogens (primary N) is 2. The summed E-state index contributed by atoms with van der Waals surface area (Å²) in [6, 6.07) is 5.20. The molecule has 0 atom stereocenters. The summed E-state index contributed by atoms with van der Waals surface area (Å²) in [5, 5.41) is 0. The lowest BCUT2D eigenvalue weighted by Gasteiger charge is -2.27. The monoisotopic (exact) mass is 207 g/mol. The molecule has 80 valence electrons. The molecule has 1 saturated heterocycles. The molecule has 1 aliphatic rings. The number of morpholine rings is 1. The third kappa shape index (κ3) is 1.87. The highest BCUT2D eigenvalue weighted by atomic mass is 16.5. The van der Waals surface area contributed by atoms with Crippen LogP contribution in [0.25, 0.3) is 0 Å². The summed E-state index contributed by atoms with van der Waals surface area (Å²) in [5.74, 6) is -0.0505. The third-order valence-electron chi connectivity index (χ3n) is 2.37. The van der Waals surface area contributed by atoms with Gasteiger partial charge in [-0.05, 0) is 18.2 Å². The van der Waals surface area contributed by atoms with Gasteiger partial charge in [0.05, 0.1) is 18.0 Å². The molecule has 0 aliphatic carbocycles. The predicted octanol–water partition coefficient (Wildman–Crippen LogP) is 0.214. The first-order chi connectivity index (χ1) is 7.18. The van der Waals surface area contributed by atoms with Crippen molar-refractivity contribution >= 4 is 23.0 Å². The largest absolute Gasteiger partial charge is 0.397 e. The van der Waals surface area contributed by atoms with E-state index in [9.17, 15) is 4.79 Å². The fourth-order valence-corrected chi connectivity index (χ4v) is 1.52. The second-order valence-corrected chi connectivity index (χ2v) is 3.41. The van der Waals surface area contributed by atoms with Gasteiger partial charge in [0.25, 0.3) is 5.91 Å². The first kappa shape index (κ1) is 9.79. The summed E-state index contributed by atoms with van der Waals surface area (Å²) < 4.78 is 5.04. The molecule has 5 nitrogen and oxygen atoms in total. The SMILES string of the molecule is Nc1ccc(N2CCOCC2=O)cc1N. The predicted molar refractivity (Wildman–Crippen MR) is 58.4 cm³/mol. The summed E-state index contributed by atoms with van der Waals surface area (Å²) in [4.78, 5) is 13.2. The van der Waals surface area contributed by atoms with E-state index in [0.29, 0.717) is 24.5 Å². The van der Waals surface area contributed by atoms with Crippen LogP contribution in [0.3, 0.4) is 0 Å². The lowest BCUT2D eigenvalue weighted by atomic mass is 10.2. The Labute approximate surface area is 87.6 Å². The number of benzene rings is 1. The Morgan fingerprint density at radius 3 is 2.73 bits per heavy atom. The van der Waals surface area contributed by atoms with Crippen LogP contribution in [0.5, 0.6) is 0 Å². The molecule has 0 aromatic heterocycles. The molecule has 0 saturated carbocycles. The molecule has 1 fully saturated rings. The van der Waals surface area contributed by atoms with E-state index < -0.39 is 0 Å². The molecule has 1 amide bonds. The van der Waals surface area contributed by atoms with Crippen molar-refractivity contribution in [1.29, 1.82) is 0 Å². The van der Waals surface area contributed by atoms with Gasteiger partial charge in [-0.25, -0.2) is 0 Å². The molecule has 1 aliphatic heterocycles. The standard InChI is InChI=1S/C10H13N3O2/c11-8-2-1-7(5-9(8)12)13-3-4-15-6-10(13)14/h1-2,5H,3-4,6,11-12H2. The van der Waals surface area contributed by atoms with Gasteiger partial charge < -0.3 is 21.1 Å². The fraction of sp³-hybridized carbons (Fsp3) is 0.300. The van der Waals surface area contributed by atoms with Gasteiger partial charge in [0, 0.05) is 12.2 Å². The van der Waals surface area contributed by atoms with E-state index in [1.165, 1.54) is 0 Å². The van der Waals surface area contributed by atoms with Gasteiger partial charge in [-0.1, -0.05) is 0 Å². The Kier molecular flexibility index (Phi) is 2.47. The fourth-order valence-electron chi connectivity index (χ4n) is 1.52. The Bertz CT molecular complexity index is 392. The van der Waals surface area contributed by atoms with Gasteiger partial charge in [0.15, 0.2) is 0 Å². The van der Waals surface area contributed by atoms with E-state index in [2.05, 4.69) is 0 Å². The van der Waals surface area contributed by atoms with Gasteiger partial charge in [0.2, 0.25) is 0 Å². The molecule has 1 heterocycles. The molecule has 0 spiro atoms. The lowest BCUT2D eigenvalue weighted by Crippen LogP contribution is -2.41. The maximum absolute atomic E-state index is 11.5. The smallest absolute Gasteiger partial charge is 0.253 e. The van der Waals surface area contributed by atoms with Gasteiger partial charge >= 0.3 is 0 Å². The normalized spacial score (nSPS) is 16.8. The van der Waals surface area contributed by atoms with E-state index >= 15 is 0 Å². The van der Waals surface area contributed by atoms with Crippen LogP contribution >= 0.6 is 0 Å². The maximum Gasteiger partial charge on any atom is 0.253 e. The van der Waals surface area contributed by atoms with Gasteiger partial charge in [-0.3, -0.25) is 4.79 Å². The number of carbonyl (C=O) groups is 1. The van der Waals surface area contributed by atoms with Crippen molar-refractivity contribution in [2.24, 2.45) is 0 Å². The molecular weight excluding hydrogens is 194 g/mol. The molecule has 5 heteroatoms. The summed E-state index contributed by atoms with van der Waals surface area (Å²) in [6.45, 7) is 1.24. The zero-order chi connectivity index (χ0) is 10.8. The summed E-state index contributed by atoms with van der Waals surface area (Å²) in [7, 11) is 0. The molecule has 0 unspecified atom stereocenters. The third-order valence-corrected chi connectivity index (χ3v) is 2.37. The van der Waals surface area contributed by atoms with E-state index in [-0.39, 0.29) is 12.5 Å². The highest BCUT2D eigenvalue weighted by molar-refractivity contribution is 5.95. The van der Waals surface area contributed by atoms with Gasteiger partial charge in [-0.2, -0.15) is 0 Å². The molecule has 15 heavy (non-hydrogen) atoms. The molecule has 1 aromatic rings. The minimum Gasteiger partial charge on any atom is -0.397 e. The second-order valence-electron chi connectivity index (χ2n) is 3.41. The second kappa shape index (κ2) is 3.78. The molecule has 0 radical (unpaired) electrons. The van der Waals surface area contributed by atoms with Crippen molar-refractivity contribution in [3.63, 3.8) is 0 Å². The number of hydrogen-bond donors (Lipinski definition) is 2. The number of carbonyl (C=O) groups excluding carboxylic acids is 1. The van der Waals surface area contributed by atoms with Crippen LogP contribution in [-0.2, 0) is 9.53 Å². The van der Waals surface area contributed by atoms with Crippen LogP contribution in [-0.4, -0.2) is 25.7 Å². The quantitative estimate of drug-likeness (QED) is 0.645. The van der Waals surface area contributed by atoms with Crippen molar-refractivity contribution in [2.75, 3.05) is 36.1 Å². The number of rotatable bonds is 1. The molecule has 1 aromatic carbocycles. The highest BCUT2D eigenvalue weighted by Crippen LogP contribution is 2.23. The van der Waals surface area contributed by atoms with Crippen LogP contribution in [0.1, 0.15) is 0 Å². The van der Waals surface area contributed by atoms with Crippen molar-refractivity contribution in [2.45, 2.75) is 0 Å². The van der Waals surface area contributed by atoms with Crippen molar-refractivity contribution in [3.8, 4) is 0 Å².